The van der Waals surface area contributed by atoms with Crippen molar-refractivity contribution in [2.45, 2.75) is 26.4 Å². The predicted octanol–water partition coefficient (Wildman–Crippen LogP) is 4.45. The lowest BCUT2D eigenvalue weighted by molar-refractivity contribution is -0.128. The Labute approximate surface area is 163 Å². The molecule has 4 N–H and O–H groups in total. The van der Waals surface area contributed by atoms with Gasteiger partial charge in [0.15, 0.2) is 10.7 Å². The van der Waals surface area contributed by atoms with Crippen molar-refractivity contribution in [3.63, 3.8) is 0 Å². The summed E-state index contributed by atoms with van der Waals surface area (Å²) >= 11 is 4.81. The van der Waals surface area contributed by atoms with E-state index < -0.39 is 5.60 Å². The van der Waals surface area contributed by atoms with E-state index in [9.17, 15) is 4.79 Å². The molecule has 0 atom stereocenters. The van der Waals surface area contributed by atoms with Crippen LogP contribution in [-0.4, -0.2) is 16.5 Å². The number of amides is 1. The molecule has 0 aliphatic carbocycles. The van der Waals surface area contributed by atoms with Gasteiger partial charge in [-0.1, -0.05) is 27.3 Å². The van der Waals surface area contributed by atoms with Crippen molar-refractivity contribution in [3.05, 3.63) is 46.4 Å². The highest BCUT2D eigenvalue weighted by atomic mass is 79.9. The van der Waals surface area contributed by atoms with E-state index in [1.165, 1.54) is 11.3 Å². The molecule has 0 aliphatic rings. The Balaban J connectivity index is 1.79. The van der Waals surface area contributed by atoms with E-state index in [1.807, 2.05) is 43.3 Å². The quantitative estimate of drug-likeness (QED) is 0.407. The molecule has 0 unspecified atom stereocenters. The number of halogens is 1. The van der Waals surface area contributed by atoms with Gasteiger partial charge in [-0.15, -0.1) is 0 Å². The van der Waals surface area contributed by atoms with E-state index in [0.29, 0.717) is 16.6 Å². The number of nitrogens with zero attached hydrogens (tertiary/aromatic N) is 1. The topological polar surface area (TPSA) is 89.3 Å². The van der Waals surface area contributed by atoms with Crippen molar-refractivity contribution in [1.82, 2.24) is 4.98 Å². The molecule has 0 aliphatic heterocycles. The molecule has 8 heteroatoms. The maximum Gasteiger partial charge on any atom is 0.267 e. The second kappa shape index (κ2) is 7.22. The number of carbonyl (C=O) groups is 1. The highest BCUT2D eigenvalue weighted by molar-refractivity contribution is 9.10. The number of thiazole rings is 1. The number of anilines is 2. The first-order valence-electron chi connectivity index (χ1n) is 7.92. The Morgan fingerprint density at radius 1 is 1.27 bits per heavy atom. The summed E-state index contributed by atoms with van der Waals surface area (Å²) in [6.45, 7) is 5.42. The smallest absolute Gasteiger partial charge is 0.267 e. The van der Waals surface area contributed by atoms with Gasteiger partial charge in [-0.2, -0.15) is 0 Å². The van der Waals surface area contributed by atoms with Crippen LogP contribution in [0.25, 0.3) is 10.2 Å². The van der Waals surface area contributed by atoms with Gasteiger partial charge in [0, 0.05) is 10.2 Å². The molecule has 0 bridgehead atoms. The number of hydrogen-bond donors (Lipinski definition) is 3. The molecule has 3 aromatic rings. The van der Waals surface area contributed by atoms with E-state index in [1.54, 1.807) is 13.8 Å². The molecule has 0 saturated carbocycles. The fourth-order valence-corrected chi connectivity index (χ4v) is 3.61. The van der Waals surface area contributed by atoms with E-state index in [-0.39, 0.29) is 5.91 Å². The molecule has 26 heavy (non-hydrogen) atoms. The van der Waals surface area contributed by atoms with Gasteiger partial charge in [0.25, 0.3) is 5.91 Å². The van der Waals surface area contributed by atoms with Gasteiger partial charge >= 0.3 is 0 Å². The normalized spacial score (nSPS) is 11.4. The monoisotopic (exact) mass is 434 g/mol. The molecule has 0 radical (unpaired) electrons. The summed E-state index contributed by atoms with van der Waals surface area (Å²) in [7, 11) is 0. The van der Waals surface area contributed by atoms with Crippen LogP contribution in [0.3, 0.4) is 0 Å². The van der Waals surface area contributed by atoms with E-state index in [2.05, 4.69) is 31.7 Å². The van der Waals surface area contributed by atoms with Crippen LogP contribution in [0.4, 0.5) is 10.8 Å². The highest BCUT2D eigenvalue weighted by Gasteiger charge is 2.30. The molecule has 0 fully saturated rings. The molecular formula is C18H19BrN4O2S. The second-order valence-electron chi connectivity index (χ2n) is 6.32. The molecule has 2 aromatic carbocycles. The van der Waals surface area contributed by atoms with Crippen LogP contribution < -0.4 is 21.3 Å². The lowest BCUT2D eigenvalue weighted by atomic mass is 10.1. The molecule has 0 spiro atoms. The Hall–Kier alpha value is -2.16. The standard InChI is InChI=1S/C18H19BrN4O2S/c1-10-8-12(9-14-15(10)22-17(23-20)26-14)21-16(24)18(2,3)25-13-6-4-11(19)5-7-13/h4-9H,20H2,1-3H3,(H,21,24)(H,22,23). The number of nitrogens with one attached hydrogen (secondary N) is 2. The molecule has 1 aromatic heterocycles. The third kappa shape index (κ3) is 3.98. The maximum atomic E-state index is 12.7. The maximum absolute atomic E-state index is 12.7. The zero-order valence-electron chi connectivity index (χ0n) is 14.6. The fourth-order valence-electron chi connectivity index (χ4n) is 2.46. The van der Waals surface area contributed by atoms with Gasteiger partial charge in [0.1, 0.15) is 5.75 Å². The van der Waals surface area contributed by atoms with Crippen molar-refractivity contribution in [2.75, 3.05) is 10.7 Å². The zero-order chi connectivity index (χ0) is 18.9. The summed E-state index contributed by atoms with van der Waals surface area (Å²) in [5.74, 6) is 5.82. The molecule has 3 rings (SSSR count). The summed E-state index contributed by atoms with van der Waals surface area (Å²) in [4.78, 5) is 17.1. The van der Waals surface area contributed by atoms with Crippen LogP contribution in [0.1, 0.15) is 19.4 Å². The van der Waals surface area contributed by atoms with Crippen molar-refractivity contribution in [2.24, 2.45) is 5.84 Å². The number of benzene rings is 2. The number of ether oxygens (including phenoxy) is 1. The molecule has 0 saturated heterocycles. The van der Waals surface area contributed by atoms with Crippen molar-refractivity contribution < 1.29 is 9.53 Å². The van der Waals surface area contributed by atoms with E-state index in [0.717, 1.165) is 20.3 Å². The van der Waals surface area contributed by atoms with Crippen LogP contribution in [0, 0.1) is 6.92 Å². The van der Waals surface area contributed by atoms with Crippen LogP contribution in [-0.2, 0) is 4.79 Å². The summed E-state index contributed by atoms with van der Waals surface area (Å²) in [5.41, 5.74) is 4.04. The number of fused-ring (bicyclic) bond motifs is 1. The highest BCUT2D eigenvalue weighted by Crippen LogP contribution is 2.31. The van der Waals surface area contributed by atoms with E-state index in [4.69, 9.17) is 10.6 Å². The average Bonchev–Trinajstić information content (AvgIpc) is 3.00. The van der Waals surface area contributed by atoms with E-state index >= 15 is 0 Å². The van der Waals surface area contributed by atoms with Gasteiger partial charge in [0.2, 0.25) is 0 Å². The number of carbonyl (C=O) groups excluding carboxylic acids is 1. The van der Waals surface area contributed by atoms with Crippen LogP contribution in [0.2, 0.25) is 0 Å². The summed E-state index contributed by atoms with van der Waals surface area (Å²) in [6, 6.07) is 11.1. The van der Waals surface area contributed by atoms with Gasteiger partial charge in [-0.25, -0.2) is 10.8 Å². The van der Waals surface area contributed by atoms with Crippen molar-refractivity contribution in [3.8, 4) is 5.75 Å². The summed E-state index contributed by atoms with van der Waals surface area (Å²) < 4.78 is 7.76. The Morgan fingerprint density at radius 3 is 2.62 bits per heavy atom. The zero-order valence-corrected chi connectivity index (χ0v) is 17.0. The SMILES string of the molecule is Cc1cc(NC(=O)C(C)(C)Oc2ccc(Br)cc2)cc2sc(NN)nc12. The molecule has 136 valence electrons. The third-order valence-electron chi connectivity index (χ3n) is 3.80. The molecule has 6 nitrogen and oxygen atoms in total. The minimum atomic E-state index is -1.03. The Kier molecular flexibility index (Phi) is 5.17. The van der Waals surface area contributed by atoms with Gasteiger partial charge < -0.3 is 10.1 Å². The largest absolute Gasteiger partial charge is 0.478 e. The summed E-state index contributed by atoms with van der Waals surface area (Å²) in [5, 5.41) is 3.56. The van der Waals surface area contributed by atoms with Crippen LogP contribution >= 0.6 is 27.3 Å². The Morgan fingerprint density at radius 2 is 1.96 bits per heavy atom. The lowest BCUT2D eigenvalue weighted by Crippen LogP contribution is -2.42. The number of rotatable bonds is 5. The second-order valence-corrected chi connectivity index (χ2v) is 8.27. The average molecular weight is 435 g/mol. The third-order valence-corrected chi connectivity index (χ3v) is 5.26. The summed E-state index contributed by atoms with van der Waals surface area (Å²) in [6.07, 6.45) is 0. The van der Waals surface area contributed by atoms with Crippen LogP contribution in [0.5, 0.6) is 5.75 Å². The Bertz CT molecular complexity index is 954. The van der Waals surface area contributed by atoms with Crippen LogP contribution in [0.15, 0.2) is 40.9 Å². The van der Waals surface area contributed by atoms with Gasteiger partial charge in [-0.05, 0) is 62.7 Å². The first-order chi connectivity index (χ1) is 12.3. The van der Waals surface area contributed by atoms with Gasteiger partial charge in [-0.3, -0.25) is 10.2 Å². The molecule has 1 amide bonds. The number of hydrazine groups is 1. The first kappa shape index (κ1) is 18.6. The number of hydrogen-bond acceptors (Lipinski definition) is 6. The minimum Gasteiger partial charge on any atom is -0.478 e. The fraction of sp³-hybridized carbons (Fsp3) is 0.222. The first-order valence-corrected chi connectivity index (χ1v) is 9.53. The van der Waals surface area contributed by atoms with Crippen molar-refractivity contribution >= 4 is 54.2 Å². The number of nitrogen functional groups attached to an aromatic ring is 1. The number of nitrogens with two attached hydrogens (primary N) is 1. The number of aryl methyl sites for hydroxylation is 1. The number of aromatic nitrogens is 1. The minimum absolute atomic E-state index is 0.235. The molecular weight excluding hydrogens is 416 g/mol. The van der Waals surface area contributed by atoms with Crippen molar-refractivity contribution in [1.29, 1.82) is 0 Å². The molecule has 1 heterocycles. The predicted molar refractivity (Wildman–Crippen MR) is 110 cm³/mol. The lowest BCUT2D eigenvalue weighted by Gasteiger charge is -2.25. The van der Waals surface area contributed by atoms with Gasteiger partial charge in [0.05, 0.1) is 10.2 Å².